The fourth-order valence-corrected chi connectivity index (χ4v) is 1.88. The highest BCUT2D eigenvalue weighted by Gasteiger charge is 2.02. The van der Waals surface area contributed by atoms with Crippen LogP contribution in [0.1, 0.15) is 39.0 Å². The van der Waals surface area contributed by atoms with Gasteiger partial charge in [-0.1, -0.05) is 19.8 Å². The van der Waals surface area contributed by atoms with Crippen LogP contribution in [0.25, 0.3) is 0 Å². The van der Waals surface area contributed by atoms with Gasteiger partial charge >= 0.3 is 0 Å². The van der Waals surface area contributed by atoms with E-state index in [2.05, 4.69) is 6.92 Å². The first kappa shape index (κ1) is 12.9. The third kappa shape index (κ3) is 9.83. The molecule has 0 aromatic rings. The zero-order valence-corrected chi connectivity index (χ0v) is 9.44. The van der Waals surface area contributed by atoms with Gasteiger partial charge in [-0.2, -0.15) is 0 Å². The van der Waals surface area contributed by atoms with E-state index in [0.717, 1.165) is 32.1 Å². The van der Waals surface area contributed by atoms with Crippen LogP contribution >= 0.6 is 0 Å². The topological polar surface area (TPSA) is 60.2 Å². The summed E-state index contributed by atoms with van der Waals surface area (Å²) in [6, 6.07) is 0.290. The molecule has 80 valence electrons. The molecule has 0 aromatic carbocycles. The first-order valence-corrected chi connectivity index (χ1v) is 6.95. The number of nitrogens with two attached hydrogens (primary N) is 1. The standard InChI is InChI=1S/C9H21NO2S/c1-3-9(10)7-5-4-6-8-13(2,11)12/h9H,3-8,10H2,1-2H3. The number of sulfone groups is 1. The molecule has 0 radical (unpaired) electrons. The van der Waals surface area contributed by atoms with Gasteiger partial charge in [0.05, 0.1) is 0 Å². The van der Waals surface area contributed by atoms with Gasteiger partial charge in [-0.15, -0.1) is 0 Å². The summed E-state index contributed by atoms with van der Waals surface area (Å²) < 4.78 is 21.5. The lowest BCUT2D eigenvalue weighted by atomic mass is 10.1. The van der Waals surface area contributed by atoms with Gasteiger partial charge in [0.25, 0.3) is 0 Å². The largest absolute Gasteiger partial charge is 0.328 e. The molecule has 4 heteroatoms. The van der Waals surface area contributed by atoms with Crippen molar-refractivity contribution in [2.24, 2.45) is 5.73 Å². The Labute approximate surface area is 81.6 Å². The highest BCUT2D eigenvalue weighted by atomic mass is 32.2. The molecule has 2 N–H and O–H groups in total. The van der Waals surface area contributed by atoms with Crippen molar-refractivity contribution < 1.29 is 8.42 Å². The van der Waals surface area contributed by atoms with Crippen molar-refractivity contribution in [2.45, 2.75) is 45.1 Å². The molecule has 0 rings (SSSR count). The maximum Gasteiger partial charge on any atom is 0.147 e. The summed E-state index contributed by atoms with van der Waals surface area (Å²) in [5.41, 5.74) is 5.72. The van der Waals surface area contributed by atoms with Crippen LogP contribution in [0.4, 0.5) is 0 Å². The van der Waals surface area contributed by atoms with E-state index in [-0.39, 0.29) is 0 Å². The van der Waals surface area contributed by atoms with E-state index in [1.165, 1.54) is 6.26 Å². The van der Waals surface area contributed by atoms with Gasteiger partial charge in [0.15, 0.2) is 0 Å². The second-order valence-electron chi connectivity index (χ2n) is 3.65. The number of rotatable bonds is 7. The molecule has 3 nitrogen and oxygen atoms in total. The molecule has 0 saturated carbocycles. The summed E-state index contributed by atoms with van der Waals surface area (Å²) in [4.78, 5) is 0. The molecule has 0 aliphatic carbocycles. The van der Waals surface area contributed by atoms with Crippen molar-refractivity contribution in [1.29, 1.82) is 0 Å². The van der Waals surface area contributed by atoms with Crippen LogP contribution in [0.5, 0.6) is 0 Å². The van der Waals surface area contributed by atoms with Gasteiger partial charge < -0.3 is 5.73 Å². The SMILES string of the molecule is CCC(N)CCCCCS(C)(=O)=O. The molecule has 0 aliphatic heterocycles. The fraction of sp³-hybridized carbons (Fsp3) is 1.00. The van der Waals surface area contributed by atoms with Gasteiger partial charge in [0.2, 0.25) is 0 Å². The summed E-state index contributed by atoms with van der Waals surface area (Å²) in [6.45, 7) is 2.07. The van der Waals surface area contributed by atoms with Crippen molar-refractivity contribution in [3.63, 3.8) is 0 Å². The first-order chi connectivity index (χ1) is 5.95. The minimum atomic E-state index is -2.76. The highest BCUT2D eigenvalue weighted by Crippen LogP contribution is 2.05. The highest BCUT2D eigenvalue weighted by molar-refractivity contribution is 7.90. The molecule has 0 spiro atoms. The Hall–Kier alpha value is -0.0900. The molecule has 0 bridgehead atoms. The summed E-state index contributed by atoms with van der Waals surface area (Å²) in [5.74, 6) is 0.314. The zero-order valence-electron chi connectivity index (χ0n) is 8.62. The number of hydrogen-bond acceptors (Lipinski definition) is 3. The first-order valence-electron chi connectivity index (χ1n) is 4.89. The Bertz CT molecular complexity index is 212. The molecule has 0 aromatic heterocycles. The van der Waals surface area contributed by atoms with Gasteiger partial charge in [-0.05, 0) is 19.3 Å². The van der Waals surface area contributed by atoms with E-state index in [0.29, 0.717) is 11.8 Å². The molecule has 0 heterocycles. The molecule has 1 unspecified atom stereocenters. The van der Waals surface area contributed by atoms with E-state index in [1.54, 1.807) is 0 Å². The normalized spacial score (nSPS) is 14.4. The van der Waals surface area contributed by atoms with Crippen LogP contribution in [0.2, 0.25) is 0 Å². The van der Waals surface area contributed by atoms with E-state index >= 15 is 0 Å². The third-order valence-corrected chi connectivity index (χ3v) is 3.14. The van der Waals surface area contributed by atoms with Crippen LogP contribution in [0.3, 0.4) is 0 Å². The van der Waals surface area contributed by atoms with E-state index < -0.39 is 9.84 Å². The van der Waals surface area contributed by atoms with Crippen molar-refractivity contribution in [3.05, 3.63) is 0 Å². The second kappa shape index (κ2) is 6.38. The van der Waals surface area contributed by atoms with Crippen LogP contribution in [-0.2, 0) is 9.84 Å². The monoisotopic (exact) mass is 207 g/mol. The summed E-state index contributed by atoms with van der Waals surface area (Å²) >= 11 is 0. The molecule has 0 saturated heterocycles. The minimum absolute atomic E-state index is 0.290. The minimum Gasteiger partial charge on any atom is -0.328 e. The smallest absolute Gasteiger partial charge is 0.147 e. The number of unbranched alkanes of at least 4 members (excludes halogenated alkanes) is 2. The maximum atomic E-state index is 10.8. The molecular formula is C9H21NO2S. The van der Waals surface area contributed by atoms with E-state index in [4.69, 9.17) is 5.73 Å². The van der Waals surface area contributed by atoms with E-state index in [1.807, 2.05) is 0 Å². The Morgan fingerprint density at radius 1 is 1.23 bits per heavy atom. The van der Waals surface area contributed by atoms with Gasteiger partial charge in [-0.25, -0.2) is 8.42 Å². The number of hydrogen-bond donors (Lipinski definition) is 1. The fourth-order valence-electron chi connectivity index (χ4n) is 1.15. The Morgan fingerprint density at radius 2 is 1.85 bits per heavy atom. The molecule has 1 atom stereocenters. The summed E-state index contributed by atoms with van der Waals surface area (Å²) in [6.07, 6.45) is 6.09. The average Bonchev–Trinajstić information content (AvgIpc) is 2.01. The van der Waals surface area contributed by atoms with Gasteiger partial charge in [0.1, 0.15) is 9.84 Å². The van der Waals surface area contributed by atoms with Crippen LogP contribution in [0, 0.1) is 0 Å². The van der Waals surface area contributed by atoms with Crippen molar-refractivity contribution >= 4 is 9.84 Å². The quantitative estimate of drug-likeness (QED) is 0.641. The molecule has 0 aliphatic rings. The zero-order chi connectivity index (χ0) is 10.3. The summed E-state index contributed by atoms with van der Waals surface area (Å²) in [7, 11) is -2.76. The Kier molecular flexibility index (Phi) is 6.33. The van der Waals surface area contributed by atoms with Crippen molar-refractivity contribution in [2.75, 3.05) is 12.0 Å². The van der Waals surface area contributed by atoms with Crippen molar-refractivity contribution in [1.82, 2.24) is 0 Å². The molecular weight excluding hydrogens is 186 g/mol. The van der Waals surface area contributed by atoms with Gasteiger partial charge in [0, 0.05) is 18.1 Å². The maximum absolute atomic E-state index is 10.8. The van der Waals surface area contributed by atoms with Crippen molar-refractivity contribution in [3.8, 4) is 0 Å². The van der Waals surface area contributed by atoms with Gasteiger partial charge in [-0.3, -0.25) is 0 Å². The predicted molar refractivity (Wildman–Crippen MR) is 56.4 cm³/mol. The van der Waals surface area contributed by atoms with Crippen LogP contribution in [0.15, 0.2) is 0 Å². The van der Waals surface area contributed by atoms with Crippen LogP contribution < -0.4 is 5.73 Å². The second-order valence-corrected chi connectivity index (χ2v) is 5.91. The lowest BCUT2D eigenvalue weighted by Gasteiger charge is -2.07. The summed E-state index contributed by atoms with van der Waals surface area (Å²) in [5, 5.41) is 0. The molecule has 0 fully saturated rings. The Morgan fingerprint density at radius 3 is 2.31 bits per heavy atom. The molecule has 0 amide bonds. The van der Waals surface area contributed by atoms with Crippen LogP contribution in [-0.4, -0.2) is 26.5 Å². The average molecular weight is 207 g/mol. The predicted octanol–water partition coefficient (Wildman–Crippen LogP) is 1.33. The Balaban J connectivity index is 3.27. The third-order valence-electron chi connectivity index (χ3n) is 2.11. The molecule has 13 heavy (non-hydrogen) atoms. The van der Waals surface area contributed by atoms with E-state index in [9.17, 15) is 8.42 Å². The lowest BCUT2D eigenvalue weighted by molar-refractivity contribution is 0.544. The lowest BCUT2D eigenvalue weighted by Crippen LogP contribution is -2.18.